The van der Waals surface area contributed by atoms with Gasteiger partial charge in [0.05, 0.1) is 5.69 Å². The first-order valence-electron chi connectivity index (χ1n) is 5.58. The van der Waals surface area contributed by atoms with Crippen LogP contribution in [0, 0.1) is 5.82 Å². The van der Waals surface area contributed by atoms with Gasteiger partial charge in [0, 0.05) is 17.3 Å². The highest BCUT2D eigenvalue weighted by atomic mass is 19.1. The van der Waals surface area contributed by atoms with Gasteiger partial charge in [-0.2, -0.15) is 5.10 Å². The summed E-state index contributed by atoms with van der Waals surface area (Å²) in [5, 5.41) is 4.57. The normalized spacial score (nSPS) is 18.8. The molecule has 0 spiro atoms. The SMILES string of the molecule is C[C@H]1CCc2cc(-c3ccc(F)cc3)nn21. The average molecular weight is 216 g/mol. The Morgan fingerprint density at radius 1 is 1.31 bits per heavy atom. The highest BCUT2D eigenvalue weighted by molar-refractivity contribution is 5.59. The third-order valence-corrected chi connectivity index (χ3v) is 3.19. The number of fused-ring (bicyclic) bond motifs is 1. The van der Waals surface area contributed by atoms with Gasteiger partial charge in [-0.25, -0.2) is 4.39 Å². The lowest BCUT2D eigenvalue weighted by Crippen LogP contribution is -2.00. The quantitative estimate of drug-likeness (QED) is 0.715. The molecule has 1 aromatic heterocycles. The monoisotopic (exact) mass is 216 g/mol. The van der Waals surface area contributed by atoms with Crippen molar-refractivity contribution >= 4 is 0 Å². The number of halogens is 1. The summed E-state index contributed by atoms with van der Waals surface area (Å²) in [5.74, 6) is -0.205. The van der Waals surface area contributed by atoms with Crippen LogP contribution < -0.4 is 0 Å². The van der Waals surface area contributed by atoms with Gasteiger partial charge in [-0.05, 0) is 50.1 Å². The standard InChI is InChI=1S/C13H13FN2/c1-9-2-7-12-8-13(15-16(9)12)10-3-5-11(14)6-4-10/h3-6,8-9H,2,7H2,1H3/t9-/m0/s1. The van der Waals surface area contributed by atoms with Crippen LogP contribution >= 0.6 is 0 Å². The zero-order valence-electron chi connectivity index (χ0n) is 9.15. The second kappa shape index (κ2) is 3.44. The Kier molecular flexibility index (Phi) is 2.06. The molecule has 3 heteroatoms. The number of hydrogen-bond donors (Lipinski definition) is 0. The first-order chi connectivity index (χ1) is 7.74. The van der Waals surface area contributed by atoms with Crippen molar-refractivity contribution in [3.8, 4) is 11.3 Å². The lowest BCUT2D eigenvalue weighted by molar-refractivity contribution is 0.523. The molecule has 2 heterocycles. The smallest absolute Gasteiger partial charge is 0.123 e. The van der Waals surface area contributed by atoms with Crippen molar-refractivity contribution in [2.75, 3.05) is 0 Å². The number of nitrogens with zero attached hydrogens (tertiary/aromatic N) is 2. The number of aromatic nitrogens is 2. The Hall–Kier alpha value is -1.64. The minimum absolute atomic E-state index is 0.205. The van der Waals surface area contributed by atoms with Crippen molar-refractivity contribution in [2.45, 2.75) is 25.8 Å². The van der Waals surface area contributed by atoms with Gasteiger partial charge in [0.1, 0.15) is 5.82 Å². The second-order valence-corrected chi connectivity index (χ2v) is 4.36. The molecule has 0 aliphatic carbocycles. The van der Waals surface area contributed by atoms with Gasteiger partial charge < -0.3 is 0 Å². The van der Waals surface area contributed by atoms with Crippen LogP contribution in [0.15, 0.2) is 30.3 Å². The van der Waals surface area contributed by atoms with Crippen LogP contribution in [0.2, 0.25) is 0 Å². The van der Waals surface area contributed by atoms with Gasteiger partial charge in [-0.1, -0.05) is 0 Å². The summed E-state index contributed by atoms with van der Waals surface area (Å²) < 4.78 is 14.9. The van der Waals surface area contributed by atoms with Gasteiger partial charge in [0.25, 0.3) is 0 Å². The molecular weight excluding hydrogens is 203 g/mol. The molecule has 1 aliphatic heterocycles. The van der Waals surface area contributed by atoms with E-state index in [4.69, 9.17) is 0 Å². The van der Waals surface area contributed by atoms with E-state index in [1.165, 1.54) is 24.2 Å². The average Bonchev–Trinajstić information content (AvgIpc) is 2.83. The van der Waals surface area contributed by atoms with Crippen molar-refractivity contribution in [1.29, 1.82) is 0 Å². The topological polar surface area (TPSA) is 17.8 Å². The molecule has 2 nitrogen and oxygen atoms in total. The molecule has 1 atom stereocenters. The first kappa shape index (κ1) is 9.58. The molecule has 82 valence electrons. The summed E-state index contributed by atoms with van der Waals surface area (Å²) in [5.41, 5.74) is 3.21. The third kappa shape index (κ3) is 1.43. The Balaban J connectivity index is 2.02. The van der Waals surface area contributed by atoms with E-state index in [1.54, 1.807) is 12.1 Å². The van der Waals surface area contributed by atoms with E-state index in [9.17, 15) is 4.39 Å². The van der Waals surface area contributed by atoms with Crippen LogP contribution in [-0.4, -0.2) is 9.78 Å². The zero-order chi connectivity index (χ0) is 11.1. The molecule has 0 bridgehead atoms. The molecule has 0 amide bonds. The van der Waals surface area contributed by atoms with Crippen molar-refractivity contribution in [3.05, 3.63) is 41.8 Å². The van der Waals surface area contributed by atoms with Crippen LogP contribution in [0.3, 0.4) is 0 Å². The van der Waals surface area contributed by atoms with Gasteiger partial charge >= 0.3 is 0 Å². The minimum atomic E-state index is -0.205. The van der Waals surface area contributed by atoms with Gasteiger partial charge in [0.15, 0.2) is 0 Å². The predicted molar refractivity (Wildman–Crippen MR) is 60.7 cm³/mol. The second-order valence-electron chi connectivity index (χ2n) is 4.36. The maximum Gasteiger partial charge on any atom is 0.123 e. The number of aryl methyl sites for hydroxylation is 1. The zero-order valence-corrected chi connectivity index (χ0v) is 9.15. The van der Waals surface area contributed by atoms with E-state index in [0.29, 0.717) is 6.04 Å². The van der Waals surface area contributed by atoms with Gasteiger partial charge in [-0.15, -0.1) is 0 Å². The fraction of sp³-hybridized carbons (Fsp3) is 0.308. The Bertz CT molecular complexity index is 513. The Morgan fingerprint density at radius 2 is 2.06 bits per heavy atom. The summed E-state index contributed by atoms with van der Waals surface area (Å²) in [4.78, 5) is 0. The summed E-state index contributed by atoms with van der Waals surface area (Å²) in [6.07, 6.45) is 2.27. The molecule has 0 unspecified atom stereocenters. The van der Waals surface area contributed by atoms with Crippen LogP contribution in [0.5, 0.6) is 0 Å². The molecule has 0 radical (unpaired) electrons. The van der Waals surface area contributed by atoms with Gasteiger partial charge in [0.2, 0.25) is 0 Å². The van der Waals surface area contributed by atoms with E-state index in [-0.39, 0.29) is 5.82 Å². The number of benzene rings is 1. The summed E-state index contributed by atoms with van der Waals surface area (Å²) in [6, 6.07) is 9.10. The Morgan fingerprint density at radius 3 is 2.75 bits per heavy atom. The summed E-state index contributed by atoms with van der Waals surface area (Å²) >= 11 is 0. The number of rotatable bonds is 1. The third-order valence-electron chi connectivity index (χ3n) is 3.19. The summed E-state index contributed by atoms with van der Waals surface area (Å²) in [7, 11) is 0. The maximum absolute atomic E-state index is 12.8. The van der Waals surface area contributed by atoms with Crippen molar-refractivity contribution in [1.82, 2.24) is 9.78 Å². The highest BCUT2D eigenvalue weighted by Gasteiger charge is 2.20. The fourth-order valence-corrected chi connectivity index (χ4v) is 2.24. The largest absolute Gasteiger partial charge is 0.266 e. The van der Waals surface area contributed by atoms with E-state index in [2.05, 4.69) is 22.8 Å². The van der Waals surface area contributed by atoms with Crippen LogP contribution in [0.4, 0.5) is 4.39 Å². The molecule has 3 rings (SSSR count). The molecule has 2 aromatic rings. The first-order valence-corrected chi connectivity index (χ1v) is 5.58. The van der Waals surface area contributed by atoms with Crippen molar-refractivity contribution < 1.29 is 4.39 Å². The summed E-state index contributed by atoms with van der Waals surface area (Å²) in [6.45, 7) is 2.18. The van der Waals surface area contributed by atoms with Gasteiger partial charge in [-0.3, -0.25) is 4.68 Å². The lowest BCUT2D eigenvalue weighted by atomic mass is 10.1. The molecule has 0 N–H and O–H groups in total. The van der Waals surface area contributed by atoms with E-state index in [0.717, 1.165) is 17.7 Å². The predicted octanol–water partition coefficient (Wildman–Crippen LogP) is 3.20. The molecule has 1 aliphatic rings. The number of hydrogen-bond acceptors (Lipinski definition) is 1. The Labute approximate surface area is 93.7 Å². The fourth-order valence-electron chi connectivity index (χ4n) is 2.24. The van der Waals surface area contributed by atoms with Crippen LogP contribution in [0.1, 0.15) is 25.1 Å². The van der Waals surface area contributed by atoms with E-state index >= 15 is 0 Å². The molecular formula is C13H13FN2. The van der Waals surface area contributed by atoms with Crippen LogP contribution in [-0.2, 0) is 6.42 Å². The lowest BCUT2D eigenvalue weighted by Gasteiger charge is -2.03. The highest BCUT2D eigenvalue weighted by Crippen LogP contribution is 2.29. The van der Waals surface area contributed by atoms with Crippen molar-refractivity contribution in [2.24, 2.45) is 0 Å². The molecule has 0 fully saturated rings. The maximum atomic E-state index is 12.8. The molecule has 0 saturated carbocycles. The molecule has 1 aromatic carbocycles. The van der Waals surface area contributed by atoms with Crippen molar-refractivity contribution in [3.63, 3.8) is 0 Å². The molecule has 16 heavy (non-hydrogen) atoms. The van der Waals surface area contributed by atoms with E-state index in [1.807, 2.05) is 0 Å². The molecule has 0 saturated heterocycles. The van der Waals surface area contributed by atoms with E-state index < -0.39 is 0 Å². The van der Waals surface area contributed by atoms with Crippen LogP contribution in [0.25, 0.3) is 11.3 Å². The minimum Gasteiger partial charge on any atom is -0.266 e.